The molecule has 0 aliphatic heterocycles. The predicted molar refractivity (Wildman–Crippen MR) is 66.0 cm³/mol. The van der Waals surface area contributed by atoms with E-state index in [2.05, 4.69) is 24.4 Å². The molecule has 0 aromatic heterocycles. The van der Waals surface area contributed by atoms with Crippen LogP contribution < -0.4 is 5.32 Å². The number of carbonyl (C=O) groups is 1. The molecule has 88 valence electrons. The molecule has 2 nitrogen and oxygen atoms in total. The SMILES string of the molecule is C1=CCCC1.CCCCCC(C=O)NC. The van der Waals surface area contributed by atoms with Gasteiger partial charge in [-0.2, -0.15) is 0 Å². The topological polar surface area (TPSA) is 29.1 Å². The minimum atomic E-state index is 0.0755. The zero-order valence-electron chi connectivity index (χ0n) is 10.2. The third kappa shape index (κ3) is 9.67. The molecule has 1 unspecified atom stereocenters. The van der Waals surface area contributed by atoms with Crippen LogP contribution in [0.5, 0.6) is 0 Å². The van der Waals surface area contributed by atoms with E-state index in [-0.39, 0.29) is 6.04 Å². The van der Waals surface area contributed by atoms with Crippen molar-refractivity contribution in [2.24, 2.45) is 0 Å². The maximum Gasteiger partial charge on any atom is 0.136 e. The van der Waals surface area contributed by atoms with Gasteiger partial charge in [-0.3, -0.25) is 0 Å². The Kier molecular flexibility index (Phi) is 11.0. The number of rotatable bonds is 6. The predicted octanol–water partition coefficient (Wildman–Crippen LogP) is 3.08. The highest BCUT2D eigenvalue weighted by Gasteiger charge is 2.00. The summed E-state index contributed by atoms with van der Waals surface area (Å²) in [6, 6.07) is 0.0755. The molecule has 0 aromatic rings. The largest absolute Gasteiger partial charge is 0.311 e. The molecule has 0 saturated heterocycles. The summed E-state index contributed by atoms with van der Waals surface area (Å²) in [4.78, 5) is 10.3. The number of nitrogens with one attached hydrogen (secondary N) is 1. The first-order chi connectivity index (χ1) is 7.35. The monoisotopic (exact) mass is 211 g/mol. The number of hydrogen-bond donors (Lipinski definition) is 1. The van der Waals surface area contributed by atoms with Gasteiger partial charge in [0.25, 0.3) is 0 Å². The van der Waals surface area contributed by atoms with Crippen molar-refractivity contribution in [3.05, 3.63) is 12.2 Å². The van der Waals surface area contributed by atoms with Gasteiger partial charge in [-0.15, -0.1) is 0 Å². The molecule has 2 heteroatoms. The summed E-state index contributed by atoms with van der Waals surface area (Å²) in [5.74, 6) is 0. The van der Waals surface area contributed by atoms with Crippen molar-refractivity contribution in [3.8, 4) is 0 Å². The van der Waals surface area contributed by atoms with Crippen molar-refractivity contribution in [2.45, 2.75) is 57.9 Å². The van der Waals surface area contributed by atoms with Crippen molar-refractivity contribution in [2.75, 3.05) is 7.05 Å². The first-order valence-corrected chi connectivity index (χ1v) is 6.12. The van der Waals surface area contributed by atoms with E-state index in [1.54, 1.807) is 0 Å². The molecule has 1 aliphatic rings. The van der Waals surface area contributed by atoms with Crippen molar-refractivity contribution in [3.63, 3.8) is 0 Å². The lowest BCUT2D eigenvalue weighted by molar-refractivity contribution is -0.109. The molecule has 0 saturated carbocycles. The molecule has 0 aromatic carbocycles. The molecule has 0 amide bonds. The Morgan fingerprint density at radius 3 is 2.33 bits per heavy atom. The number of allylic oxidation sites excluding steroid dienone is 2. The van der Waals surface area contributed by atoms with Crippen LogP contribution in [-0.2, 0) is 4.79 Å². The molecule has 0 heterocycles. The van der Waals surface area contributed by atoms with Crippen molar-refractivity contribution >= 4 is 6.29 Å². The lowest BCUT2D eigenvalue weighted by atomic mass is 10.1. The van der Waals surface area contributed by atoms with Gasteiger partial charge >= 0.3 is 0 Å². The fourth-order valence-electron chi connectivity index (χ4n) is 1.48. The van der Waals surface area contributed by atoms with Crippen LogP contribution in [-0.4, -0.2) is 19.4 Å². The van der Waals surface area contributed by atoms with Crippen molar-refractivity contribution in [1.82, 2.24) is 5.32 Å². The van der Waals surface area contributed by atoms with Crippen LogP contribution in [0.2, 0.25) is 0 Å². The zero-order valence-corrected chi connectivity index (χ0v) is 10.2. The molecular formula is C13H25NO. The first-order valence-electron chi connectivity index (χ1n) is 6.12. The van der Waals surface area contributed by atoms with Gasteiger partial charge in [0.15, 0.2) is 0 Å². The average molecular weight is 211 g/mol. The van der Waals surface area contributed by atoms with E-state index in [1.165, 1.54) is 32.1 Å². The average Bonchev–Trinajstić information content (AvgIpc) is 2.83. The zero-order chi connectivity index (χ0) is 11.4. The smallest absolute Gasteiger partial charge is 0.136 e. The van der Waals surface area contributed by atoms with Gasteiger partial charge in [0.05, 0.1) is 6.04 Å². The van der Waals surface area contributed by atoms with Crippen molar-refractivity contribution < 1.29 is 4.79 Å². The van der Waals surface area contributed by atoms with Gasteiger partial charge in [0.2, 0.25) is 0 Å². The second-order valence-corrected chi connectivity index (χ2v) is 3.93. The van der Waals surface area contributed by atoms with E-state index in [4.69, 9.17) is 0 Å². The first kappa shape index (κ1) is 14.4. The van der Waals surface area contributed by atoms with E-state index in [1.807, 2.05) is 7.05 Å². The maximum absolute atomic E-state index is 10.3. The van der Waals surface area contributed by atoms with Gasteiger partial charge in [-0.05, 0) is 32.7 Å². The third-order valence-corrected chi connectivity index (χ3v) is 2.56. The van der Waals surface area contributed by atoms with Crippen LogP contribution in [0.1, 0.15) is 51.9 Å². The maximum atomic E-state index is 10.3. The summed E-state index contributed by atoms with van der Waals surface area (Å²) < 4.78 is 0. The normalized spacial score (nSPS) is 15.6. The number of carbonyl (C=O) groups excluding carboxylic acids is 1. The Morgan fingerprint density at radius 2 is 2.00 bits per heavy atom. The quantitative estimate of drug-likeness (QED) is 0.415. The number of unbranched alkanes of at least 4 members (excludes halogenated alkanes) is 2. The highest BCUT2D eigenvalue weighted by Crippen LogP contribution is 2.05. The van der Waals surface area contributed by atoms with E-state index >= 15 is 0 Å². The van der Waals surface area contributed by atoms with Crippen molar-refractivity contribution in [1.29, 1.82) is 0 Å². The molecule has 1 aliphatic carbocycles. The van der Waals surface area contributed by atoms with Crippen LogP contribution in [0.25, 0.3) is 0 Å². The molecular weight excluding hydrogens is 186 g/mol. The molecule has 1 rings (SSSR count). The molecule has 0 fully saturated rings. The van der Waals surface area contributed by atoms with Crippen LogP contribution in [0, 0.1) is 0 Å². The van der Waals surface area contributed by atoms with Gasteiger partial charge in [-0.25, -0.2) is 0 Å². The summed E-state index contributed by atoms with van der Waals surface area (Å²) in [5, 5.41) is 2.94. The van der Waals surface area contributed by atoms with Crippen LogP contribution >= 0.6 is 0 Å². The Labute approximate surface area is 94.1 Å². The summed E-state index contributed by atoms with van der Waals surface area (Å²) in [6.45, 7) is 2.16. The van der Waals surface area contributed by atoms with Gasteiger partial charge in [0, 0.05) is 0 Å². The Bertz CT molecular complexity index is 160. The molecule has 0 radical (unpaired) electrons. The van der Waals surface area contributed by atoms with Gasteiger partial charge < -0.3 is 10.1 Å². The summed E-state index contributed by atoms with van der Waals surface area (Å²) >= 11 is 0. The minimum Gasteiger partial charge on any atom is -0.311 e. The highest BCUT2D eigenvalue weighted by molar-refractivity contribution is 5.57. The highest BCUT2D eigenvalue weighted by atomic mass is 16.1. The summed E-state index contributed by atoms with van der Waals surface area (Å²) in [7, 11) is 1.82. The van der Waals surface area contributed by atoms with E-state index in [9.17, 15) is 4.79 Å². The molecule has 1 atom stereocenters. The summed E-state index contributed by atoms with van der Waals surface area (Å²) in [5.41, 5.74) is 0. The molecule has 0 spiro atoms. The van der Waals surface area contributed by atoms with Crippen LogP contribution in [0.3, 0.4) is 0 Å². The number of aldehydes is 1. The Morgan fingerprint density at radius 1 is 1.33 bits per heavy atom. The minimum absolute atomic E-state index is 0.0755. The second kappa shape index (κ2) is 11.4. The number of hydrogen-bond acceptors (Lipinski definition) is 2. The fourth-order valence-corrected chi connectivity index (χ4v) is 1.48. The Balaban J connectivity index is 0.000000322. The lowest BCUT2D eigenvalue weighted by Gasteiger charge is -2.06. The lowest BCUT2D eigenvalue weighted by Crippen LogP contribution is -2.26. The number of likely N-dealkylation sites (N-methyl/N-ethyl adjacent to an activating group) is 1. The van der Waals surface area contributed by atoms with E-state index in [0.29, 0.717) is 0 Å². The van der Waals surface area contributed by atoms with Crippen LogP contribution in [0.4, 0.5) is 0 Å². The van der Waals surface area contributed by atoms with E-state index < -0.39 is 0 Å². The third-order valence-electron chi connectivity index (χ3n) is 2.56. The fraction of sp³-hybridized carbons (Fsp3) is 0.769. The van der Waals surface area contributed by atoms with Crippen LogP contribution in [0.15, 0.2) is 12.2 Å². The van der Waals surface area contributed by atoms with E-state index in [0.717, 1.165) is 19.1 Å². The molecule has 15 heavy (non-hydrogen) atoms. The molecule has 0 bridgehead atoms. The Hall–Kier alpha value is -0.630. The molecule has 1 N–H and O–H groups in total. The standard InChI is InChI=1S/C8H17NO.C5H8/c1-3-4-5-6-8(7-10)9-2;1-2-4-5-3-1/h7-9H,3-6H2,1-2H3;1-2H,3-5H2. The second-order valence-electron chi connectivity index (χ2n) is 3.93. The summed E-state index contributed by atoms with van der Waals surface area (Å²) in [6.07, 6.45) is 14.1. The van der Waals surface area contributed by atoms with Gasteiger partial charge in [0.1, 0.15) is 6.29 Å². The van der Waals surface area contributed by atoms with Gasteiger partial charge in [-0.1, -0.05) is 38.3 Å².